The molecule has 0 aliphatic rings. The number of hydrogen-bond donors (Lipinski definition) is 1. The van der Waals surface area contributed by atoms with Gasteiger partial charge in [0, 0.05) is 12.1 Å². The van der Waals surface area contributed by atoms with Crippen LogP contribution in [0.3, 0.4) is 0 Å². The Balaban J connectivity index is 2.58. The van der Waals surface area contributed by atoms with E-state index >= 15 is 0 Å². The van der Waals surface area contributed by atoms with Crippen LogP contribution in [0.25, 0.3) is 11.4 Å². The summed E-state index contributed by atoms with van der Waals surface area (Å²) in [6.45, 7) is 4.82. The van der Waals surface area contributed by atoms with E-state index < -0.39 is 0 Å². The third-order valence-corrected chi connectivity index (χ3v) is 4.22. The fraction of sp³-hybridized carbons (Fsp3) is 0.286. The Morgan fingerprint density at radius 1 is 1.30 bits per heavy atom. The van der Waals surface area contributed by atoms with Crippen molar-refractivity contribution in [2.75, 3.05) is 11.9 Å². The van der Waals surface area contributed by atoms with E-state index in [-0.39, 0.29) is 5.82 Å². The molecule has 0 amide bonds. The largest absolute Gasteiger partial charge is 0.369 e. The van der Waals surface area contributed by atoms with Crippen molar-refractivity contribution < 1.29 is 4.39 Å². The highest BCUT2D eigenvalue weighted by Crippen LogP contribution is 2.29. The van der Waals surface area contributed by atoms with Crippen molar-refractivity contribution in [2.24, 2.45) is 0 Å². The van der Waals surface area contributed by atoms with Crippen molar-refractivity contribution in [3.05, 3.63) is 38.3 Å². The molecule has 106 valence electrons. The summed E-state index contributed by atoms with van der Waals surface area (Å²) in [5, 5.41) is 3.53. The van der Waals surface area contributed by atoms with Crippen molar-refractivity contribution in [2.45, 2.75) is 20.3 Å². The molecule has 0 unspecified atom stereocenters. The average molecular weight is 406 g/mol. The first kappa shape index (κ1) is 15.4. The molecule has 1 heterocycles. The molecule has 1 aromatic carbocycles. The normalized spacial score (nSPS) is 10.7. The Morgan fingerprint density at radius 2 is 2.05 bits per heavy atom. The van der Waals surface area contributed by atoms with E-state index in [2.05, 4.69) is 37.9 Å². The van der Waals surface area contributed by atoms with E-state index in [4.69, 9.17) is 11.6 Å². The standard InChI is InChI=1S/C14H14ClFIN3/c1-3-11-12(17)14(18-4-2)20-13(19-11)9-6-5-8(16)7-10(9)15/h5-7H,3-4H2,1-2H3,(H,18,19,20). The van der Waals surface area contributed by atoms with Gasteiger partial charge in [0.15, 0.2) is 5.82 Å². The van der Waals surface area contributed by atoms with Crippen molar-refractivity contribution in [3.8, 4) is 11.4 Å². The van der Waals surface area contributed by atoms with Gasteiger partial charge in [0.2, 0.25) is 0 Å². The lowest BCUT2D eigenvalue weighted by molar-refractivity contribution is 0.628. The molecular formula is C14H14ClFIN3. The van der Waals surface area contributed by atoms with Gasteiger partial charge in [0.05, 0.1) is 14.3 Å². The molecule has 0 aliphatic carbocycles. The van der Waals surface area contributed by atoms with Crippen LogP contribution in [0.15, 0.2) is 18.2 Å². The number of nitrogens with one attached hydrogen (secondary N) is 1. The zero-order valence-corrected chi connectivity index (χ0v) is 14.1. The average Bonchev–Trinajstić information content (AvgIpc) is 2.41. The number of benzene rings is 1. The molecule has 0 saturated carbocycles. The summed E-state index contributed by atoms with van der Waals surface area (Å²) < 4.78 is 14.1. The molecule has 0 bridgehead atoms. The third kappa shape index (κ3) is 3.20. The topological polar surface area (TPSA) is 37.8 Å². The van der Waals surface area contributed by atoms with Crippen LogP contribution < -0.4 is 5.32 Å². The van der Waals surface area contributed by atoms with E-state index in [0.717, 1.165) is 28.0 Å². The lowest BCUT2D eigenvalue weighted by Crippen LogP contribution is -2.07. The number of aryl methyl sites for hydroxylation is 1. The Bertz CT molecular complexity index is 634. The Morgan fingerprint density at radius 3 is 2.65 bits per heavy atom. The van der Waals surface area contributed by atoms with E-state index in [1.807, 2.05) is 13.8 Å². The highest BCUT2D eigenvalue weighted by molar-refractivity contribution is 14.1. The highest BCUT2D eigenvalue weighted by Gasteiger charge is 2.14. The summed E-state index contributed by atoms with van der Waals surface area (Å²) in [6.07, 6.45) is 0.797. The van der Waals surface area contributed by atoms with Crippen LogP contribution in [0.2, 0.25) is 5.02 Å². The minimum Gasteiger partial charge on any atom is -0.369 e. The summed E-state index contributed by atoms with van der Waals surface area (Å²) >= 11 is 8.32. The first-order valence-corrected chi connectivity index (χ1v) is 7.78. The Kier molecular flexibility index (Phi) is 5.15. The van der Waals surface area contributed by atoms with Crippen molar-refractivity contribution >= 4 is 40.0 Å². The lowest BCUT2D eigenvalue weighted by Gasteiger charge is -2.12. The molecule has 3 nitrogen and oxygen atoms in total. The molecule has 20 heavy (non-hydrogen) atoms. The van der Waals surface area contributed by atoms with E-state index in [0.29, 0.717) is 16.4 Å². The second-order valence-electron chi connectivity index (χ2n) is 4.16. The van der Waals surface area contributed by atoms with Gasteiger partial charge >= 0.3 is 0 Å². The van der Waals surface area contributed by atoms with Crippen LogP contribution in [0.5, 0.6) is 0 Å². The molecule has 0 fully saturated rings. The monoisotopic (exact) mass is 405 g/mol. The summed E-state index contributed by atoms with van der Waals surface area (Å²) in [7, 11) is 0. The fourth-order valence-electron chi connectivity index (χ4n) is 1.80. The molecule has 1 N–H and O–H groups in total. The minimum atomic E-state index is -0.369. The van der Waals surface area contributed by atoms with Crippen LogP contribution in [0.1, 0.15) is 19.5 Å². The molecule has 0 atom stereocenters. The molecule has 0 radical (unpaired) electrons. The molecule has 0 spiro atoms. The molecule has 0 saturated heterocycles. The van der Waals surface area contributed by atoms with Gasteiger partial charge in [0.25, 0.3) is 0 Å². The molecule has 6 heteroatoms. The molecule has 0 aliphatic heterocycles. The van der Waals surface area contributed by atoms with Gasteiger partial charge in [-0.1, -0.05) is 18.5 Å². The summed E-state index contributed by atoms with van der Waals surface area (Å²) in [6, 6.07) is 4.24. The number of rotatable bonds is 4. The summed E-state index contributed by atoms with van der Waals surface area (Å²) in [4.78, 5) is 9.02. The first-order valence-electron chi connectivity index (χ1n) is 6.32. The van der Waals surface area contributed by atoms with E-state index in [9.17, 15) is 4.39 Å². The maximum atomic E-state index is 13.1. The van der Waals surface area contributed by atoms with Crippen LogP contribution in [-0.4, -0.2) is 16.5 Å². The van der Waals surface area contributed by atoms with Gasteiger partial charge in [-0.2, -0.15) is 0 Å². The minimum absolute atomic E-state index is 0.315. The predicted molar refractivity (Wildman–Crippen MR) is 88.7 cm³/mol. The van der Waals surface area contributed by atoms with Gasteiger partial charge in [0.1, 0.15) is 11.6 Å². The second-order valence-corrected chi connectivity index (χ2v) is 5.65. The van der Waals surface area contributed by atoms with Crippen molar-refractivity contribution in [1.29, 1.82) is 0 Å². The molecule has 2 rings (SSSR count). The molecule has 1 aromatic heterocycles. The Labute approximate surface area is 136 Å². The summed E-state index contributed by atoms with van der Waals surface area (Å²) in [5.74, 6) is 0.936. The van der Waals surface area contributed by atoms with Gasteiger partial charge in [-0.25, -0.2) is 14.4 Å². The molecule has 2 aromatic rings. The van der Waals surface area contributed by atoms with Gasteiger partial charge in [-0.15, -0.1) is 0 Å². The number of anilines is 1. The maximum absolute atomic E-state index is 13.1. The van der Waals surface area contributed by atoms with E-state index in [1.165, 1.54) is 12.1 Å². The smallest absolute Gasteiger partial charge is 0.163 e. The van der Waals surface area contributed by atoms with E-state index in [1.54, 1.807) is 6.07 Å². The quantitative estimate of drug-likeness (QED) is 0.759. The SMILES string of the molecule is CCNc1nc(-c2ccc(F)cc2Cl)nc(CC)c1I. The second kappa shape index (κ2) is 6.67. The zero-order valence-electron chi connectivity index (χ0n) is 11.2. The van der Waals surface area contributed by atoms with Crippen LogP contribution in [0.4, 0.5) is 10.2 Å². The Hall–Kier alpha value is -0.950. The first-order chi connectivity index (χ1) is 9.56. The zero-order chi connectivity index (χ0) is 14.7. The van der Waals surface area contributed by atoms with Gasteiger partial charge < -0.3 is 5.32 Å². The lowest BCUT2D eigenvalue weighted by atomic mass is 10.2. The van der Waals surface area contributed by atoms with Gasteiger partial charge in [-0.3, -0.25) is 0 Å². The fourth-order valence-corrected chi connectivity index (χ4v) is 2.87. The summed E-state index contributed by atoms with van der Waals surface area (Å²) in [5.41, 5.74) is 1.59. The number of hydrogen-bond acceptors (Lipinski definition) is 3. The van der Waals surface area contributed by atoms with Crippen LogP contribution in [-0.2, 0) is 6.42 Å². The van der Waals surface area contributed by atoms with Crippen LogP contribution >= 0.6 is 34.2 Å². The van der Waals surface area contributed by atoms with Crippen molar-refractivity contribution in [3.63, 3.8) is 0 Å². The van der Waals surface area contributed by atoms with Crippen molar-refractivity contribution in [1.82, 2.24) is 9.97 Å². The molecular weight excluding hydrogens is 392 g/mol. The van der Waals surface area contributed by atoms with Gasteiger partial charge in [-0.05, 0) is 54.1 Å². The number of aromatic nitrogens is 2. The number of halogens is 3. The maximum Gasteiger partial charge on any atom is 0.163 e. The predicted octanol–water partition coefficient (Wildman–Crippen LogP) is 4.53. The third-order valence-electron chi connectivity index (χ3n) is 2.77. The van der Waals surface area contributed by atoms with Crippen LogP contribution in [0, 0.1) is 9.39 Å². The number of nitrogens with zero attached hydrogens (tertiary/aromatic N) is 2. The highest BCUT2D eigenvalue weighted by atomic mass is 127.